The summed E-state index contributed by atoms with van der Waals surface area (Å²) in [6, 6.07) is 12.7. The standard InChI is InChI=1S/C32H10F6N6/c33-21-7-15(8-22(34)25(21)37)13-1-3-17-19(5-13)27(41-11-39)31-29(17)43-32-28(42-12-40)20-6-14(2-4-18(20)30(32)44-31)16-9-23(35)26(38)24(36)10-16/h1-10H. The third-order valence-electron chi connectivity index (χ3n) is 7.36. The van der Waals surface area contributed by atoms with Gasteiger partial charge in [0.05, 0.1) is 11.0 Å². The minimum Gasteiger partial charge on any atom is -0.241 e. The quantitative estimate of drug-likeness (QED) is 0.124. The van der Waals surface area contributed by atoms with Crippen molar-refractivity contribution in [3.05, 3.63) is 106 Å². The van der Waals surface area contributed by atoms with Gasteiger partial charge in [0.2, 0.25) is 12.4 Å². The van der Waals surface area contributed by atoms with Crippen molar-refractivity contribution in [3.63, 3.8) is 0 Å². The fraction of sp³-hybridized carbons (Fsp3) is 0. The lowest BCUT2D eigenvalue weighted by atomic mass is 10.0. The van der Waals surface area contributed by atoms with Crippen molar-refractivity contribution >= 4 is 43.6 Å². The SMILES string of the molecule is N#CN=c1c2cc(-c3cc(F)c(F)c(F)c3)ccc2c2nc3c(=NC#N)c4cc(-c5cc(F)c(F)c(F)c5)ccc4c3nc12. The van der Waals surface area contributed by atoms with Crippen molar-refractivity contribution in [1.29, 1.82) is 10.5 Å². The zero-order valence-corrected chi connectivity index (χ0v) is 21.7. The van der Waals surface area contributed by atoms with Crippen LogP contribution in [-0.4, -0.2) is 9.97 Å². The fourth-order valence-corrected chi connectivity index (χ4v) is 5.42. The Kier molecular flexibility index (Phi) is 5.90. The van der Waals surface area contributed by atoms with E-state index >= 15 is 0 Å². The molecule has 0 spiro atoms. The minimum atomic E-state index is -1.60. The van der Waals surface area contributed by atoms with Gasteiger partial charge in [-0.3, -0.25) is 0 Å². The summed E-state index contributed by atoms with van der Waals surface area (Å²) in [6.07, 6.45) is 3.45. The van der Waals surface area contributed by atoms with Gasteiger partial charge in [0.15, 0.2) is 34.9 Å². The van der Waals surface area contributed by atoms with Crippen LogP contribution in [0.15, 0.2) is 70.6 Å². The largest absolute Gasteiger partial charge is 0.241 e. The van der Waals surface area contributed by atoms with E-state index in [2.05, 4.69) is 9.98 Å². The van der Waals surface area contributed by atoms with Gasteiger partial charge in [0, 0.05) is 21.5 Å². The second kappa shape index (κ2) is 9.71. The normalized spacial score (nSPS) is 12.5. The predicted molar refractivity (Wildman–Crippen MR) is 147 cm³/mol. The Hall–Kier alpha value is -6.14. The summed E-state index contributed by atoms with van der Waals surface area (Å²) in [5.41, 5.74) is 1.73. The molecule has 0 bridgehead atoms. The fourth-order valence-electron chi connectivity index (χ4n) is 5.42. The van der Waals surface area contributed by atoms with E-state index in [0.717, 1.165) is 24.3 Å². The van der Waals surface area contributed by atoms with Gasteiger partial charge in [-0.1, -0.05) is 24.3 Å². The van der Waals surface area contributed by atoms with Gasteiger partial charge in [-0.15, -0.1) is 0 Å². The highest BCUT2D eigenvalue weighted by Crippen LogP contribution is 2.33. The van der Waals surface area contributed by atoms with Gasteiger partial charge >= 0.3 is 0 Å². The van der Waals surface area contributed by atoms with Gasteiger partial charge < -0.3 is 0 Å². The highest BCUT2D eigenvalue weighted by atomic mass is 19.2. The molecule has 0 saturated heterocycles. The molecule has 0 aliphatic heterocycles. The van der Waals surface area contributed by atoms with E-state index in [-0.39, 0.29) is 43.9 Å². The maximum Gasteiger partial charge on any atom is 0.206 e. The first-order valence-corrected chi connectivity index (χ1v) is 12.7. The molecule has 6 aromatic carbocycles. The number of fused-ring (bicyclic) bond motifs is 6. The van der Waals surface area contributed by atoms with Crippen molar-refractivity contribution in [2.24, 2.45) is 9.98 Å². The van der Waals surface area contributed by atoms with E-state index in [1.165, 1.54) is 24.3 Å². The second-order valence-corrected chi connectivity index (χ2v) is 9.77. The van der Waals surface area contributed by atoms with Crippen molar-refractivity contribution in [1.82, 2.24) is 9.97 Å². The highest BCUT2D eigenvalue weighted by Gasteiger charge is 2.20. The van der Waals surface area contributed by atoms with Crippen LogP contribution in [0.4, 0.5) is 26.3 Å². The molecule has 0 saturated carbocycles. The van der Waals surface area contributed by atoms with Crippen LogP contribution in [0, 0.1) is 57.8 Å². The molecule has 1 heterocycles. The van der Waals surface area contributed by atoms with E-state index in [9.17, 15) is 36.9 Å². The topological polar surface area (TPSA) is 98.1 Å². The number of hydrogen-bond acceptors (Lipinski definition) is 6. The molecule has 44 heavy (non-hydrogen) atoms. The first kappa shape index (κ1) is 26.7. The highest BCUT2D eigenvalue weighted by molar-refractivity contribution is 6.15. The molecule has 6 nitrogen and oxygen atoms in total. The van der Waals surface area contributed by atoms with Crippen LogP contribution in [0.5, 0.6) is 0 Å². The van der Waals surface area contributed by atoms with Gasteiger partial charge in [-0.2, -0.15) is 20.5 Å². The molecule has 0 aliphatic carbocycles. The summed E-state index contributed by atoms with van der Waals surface area (Å²) in [4.78, 5) is 17.3. The van der Waals surface area contributed by atoms with Crippen LogP contribution in [0.25, 0.3) is 65.9 Å². The van der Waals surface area contributed by atoms with Crippen molar-refractivity contribution < 1.29 is 26.3 Å². The number of benzene rings is 4. The number of halogens is 6. The molecular formula is C32H10F6N6. The van der Waals surface area contributed by atoms with Gasteiger partial charge in [0.25, 0.3) is 0 Å². The number of nitriles is 2. The van der Waals surface area contributed by atoms with Crippen molar-refractivity contribution in [3.8, 4) is 34.6 Å². The Morgan fingerprint density at radius 1 is 0.455 bits per heavy atom. The monoisotopic (exact) mass is 592 g/mol. The van der Waals surface area contributed by atoms with Crippen molar-refractivity contribution in [2.45, 2.75) is 0 Å². The molecule has 0 fully saturated rings. The number of nitrogens with zero attached hydrogens (tertiary/aromatic N) is 6. The van der Waals surface area contributed by atoms with Crippen LogP contribution < -0.4 is 10.7 Å². The van der Waals surface area contributed by atoms with E-state index in [0.29, 0.717) is 32.7 Å². The molecule has 210 valence electrons. The number of hydrogen-bond donors (Lipinski definition) is 0. The third kappa shape index (κ3) is 3.89. The molecule has 7 rings (SSSR count). The Morgan fingerprint density at radius 3 is 1.16 bits per heavy atom. The van der Waals surface area contributed by atoms with Gasteiger partial charge in [0.1, 0.15) is 21.7 Å². The Bertz CT molecular complexity index is 2380. The zero-order chi connectivity index (χ0) is 30.9. The smallest absolute Gasteiger partial charge is 0.206 e. The van der Waals surface area contributed by atoms with Gasteiger partial charge in [-0.05, 0) is 58.7 Å². The second-order valence-electron chi connectivity index (χ2n) is 9.77. The van der Waals surface area contributed by atoms with Crippen molar-refractivity contribution in [2.75, 3.05) is 0 Å². The summed E-state index contributed by atoms with van der Waals surface area (Å²) in [7, 11) is 0. The molecule has 1 aromatic heterocycles. The summed E-state index contributed by atoms with van der Waals surface area (Å²) in [5, 5.41) is 20.9. The summed E-state index contributed by atoms with van der Waals surface area (Å²) in [5.74, 6) is -8.66. The summed E-state index contributed by atoms with van der Waals surface area (Å²) >= 11 is 0. The van der Waals surface area contributed by atoms with Crippen LogP contribution in [0.3, 0.4) is 0 Å². The zero-order valence-electron chi connectivity index (χ0n) is 21.7. The molecule has 12 heteroatoms. The molecular weight excluding hydrogens is 582 g/mol. The lowest BCUT2D eigenvalue weighted by molar-refractivity contribution is 0.447. The lowest BCUT2D eigenvalue weighted by Crippen LogP contribution is -2.03. The van der Waals surface area contributed by atoms with E-state index in [4.69, 9.17) is 9.97 Å². The summed E-state index contributed by atoms with van der Waals surface area (Å²) < 4.78 is 82.9. The van der Waals surface area contributed by atoms with E-state index in [1.807, 2.05) is 0 Å². The molecule has 0 atom stereocenters. The van der Waals surface area contributed by atoms with Crippen LogP contribution >= 0.6 is 0 Å². The van der Waals surface area contributed by atoms with E-state index < -0.39 is 34.9 Å². The number of aromatic nitrogens is 2. The molecule has 7 aromatic rings. The lowest BCUT2D eigenvalue weighted by Gasteiger charge is -2.04. The average Bonchev–Trinajstić information content (AvgIpc) is 3.48. The maximum absolute atomic E-state index is 14.0. The average molecular weight is 592 g/mol. The third-order valence-corrected chi connectivity index (χ3v) is 7.36. The van der Waals surface area contributed by atoms with Gasteiger partial charge in [-0.25, -0.2) is 36.3 Å². The van der Waals surface area contributed by atoms with E-state index in [1.54, 1.807) is 24.5 Å². The van der Waals surface area contributed by atoms with Crippen LogP contribution in [0.2, 0.25) is 0 Å². The first-order chi connectivity index (χ1) is 21.2. The Labute approximate surface area is 241 Å². The number of rotatable bonds is 2. The Morgan fingerprint density at radius 2 is 0.818 bits per heavy atom. The molecule has 0 radical (unpaired) electrons. The molecule has 0 aliphatic rings. The molecule has 0 amide bonds. The maximum atomic E-state index is 14.0. The Balaban J connectivity index is 1.52. The first-order valence-electron chi connectivity index (χ1n) is 12.7. The van der Waals surface area contributed by atoms with Crippen LogP contribution in [0.1, 0.15) is 0 Å². The van der Waals surface area contributed by atoms with Crippen LogP contribution in [-0.2, 0) is 0 Å². The predicted octanol–water partition coefficient (Wildman–Crippen LogP) is 6.90. The molecule has 0 unspecified atom stereocenters. The minimum absolute atomic E-state index is 0.0500. The molecule has 0 N–H and O–H groups in total. The summed E-state index contributed by atoms with van der Waals surface area (Å²) in [6.45, 7) is 0.